The van der Waals surface area contributed by atoms with Gasteiger partial charge in [-0.25, -0.2) is 4.21 Å². The number of rotatable bonds is 1. The molecule has 0 rings (SSSR count). The molecular weight excluding hydrogens is 93.1 g/mol. The summed E-state index contributed by atoms with van der Waals surface area (Å²) in [5.74, 6) is 0. The maximum Gasteiger partial charge on any atom is 0.103 e. The van der Waals surface area contributed by atoms with E-state index in [0.29, 0.717) is 5.49 Å². The summed E-state index contributed by atoms with van der Waals surface area (Å²) in [4.78, 5) is 0. The van der Waals surface area contributed by atoms with E-state index in [-0.39, 0.29) is 11.3 Å². The van der Waals surface area contributed by atoms with Crippen LogP contribution in [0.5, 0.6) is 0 Å². The van der Waals surface area contributed by atoms with E-state index in [0.717, 1.165) is 5.54 Å². The van der Waals surface area contributed by atoms with E-state index in [1.165, 1.54) is 0 Å². The van der Waals surface area contributed by atoms with Gasteiger partial charge in [-0.2, -0.15) is 0 Å². The molecule has 30 valence electrons. The SMILES string of the molecule is O=S=CNF. The van der Waals surface area contributed by atoms with Crippen molar-refractivity contribution in [3.05, 3.63) is 0 Å². The van der Waals surface area contributed by atoms with Gasteiger partial charge in [0.1, 0.15) is 16.7 Å². The van der Waals surface area contributed by atoms with Crippen molar-refractivity contribution >= 4 is 16.7 Å². The summed E-state index contributed by atoms with van der Waals surface area (Å²) >= 11 is 0.0405. The fourth-order valence-electron chi connectivity index (χ4n) is 0.0182. The third kappa shape index (κ3) is 3.78. The summed E-state index contributed by atoms with van der Waals surface area (Å²) in [6.45, 7) is 0. The highest BCUT2D eigenvalue weighted by atomic mass is 32.1. The van der Waals surface area contributed by atoms with E-state index in [1.807, 2.05) is 0 Å². The van der Waals surface area contributed by atoms with Crippen molar-refractivity contribution in [3.8, 4) is 0 Å². The zero-order valence-corrected chi connectivity index (χ0v) is 3.09. The third-order valence-electron chi connectivity index (χ3n) is 0.0927. The lowest BCUT2D eigenvalue weighted by molar-refractivity contribution is 0.444. The summed E-state index contributed by atoms with van der Waals surface area (Å²) in [6, 6.07) is 0. The van der Waals surface area contributed by atoms with E-state index < -0.39 is 0 Å². The Labute approximate surface area is 32.0 Å². The van der Waals surface area contributed by atoms with Crippen LogP contribution in [0.1, 0.15) is 0 Å². The second kappa shape index (κ2) is 3.78. The average molecular weight is 95.1 g/mol. The van der Waals surface area contributed by atoms with Crippen LogP contribution in [-0.4, -0.2) is 9.70 Å². The second-order valence-electron chi connectivity index (χ2n) is 0.323. The minimum absolute atomic E-state index is 0.0405. The Bertz CT molecular complexity index is 58.7. The topological polar surface area (TPSA) is 29.1 Å². The molecule has 1 N–H and O–H groups in total. The van der Waals surface area contributed by atoms with Gasteiger partial charge in [-0.1, -0.05) is 0 Å². The molecule has 0 spiro atoms. The molecule has 0 amide bonds. The predicted octanol–water partition coefficient (Wildman–Crippen LogP) is -0.567. The van der Waals surface area contributed by atoms with E-state index in [2.05, 4.69) is 0 Å². The highest BCUT2D eigenvalue weighted by molar-refractivity contribution is 7.64. The maximum atomic E-state index is 10.5. The smallest absolute Gasteiger partial charge is 0.103 e. The van der Waals surface area contributed by atoms with Gasteiger partial charge in [0.05, 0.1) is 0 Å². The van der Waals surface area contributed by atoms with Gasteiger partial charge in [-0.3, -0.25) is 0 Å². The zero-order valence-electron chi connectivity index (χ0n) is 2.27. The quantitative estimate of drug-likeness (QED) is 0.349. The van der Waals surface area contributed by atoms with Crippen LogP contribution in [0.25, 0.3) is 0 Å². The molecule has 4 heteroatoms. The second-order valence-corrected chi connectivity index (χ2v) is 0.751. The van der Waals surface area contributed by atoms with Crippen LogP contribution >= 0.6 is 0 Å². The lowest BCUT2D eigenvalue weighted by Gasteiger charge is -1.58. The summed E-state index contributed by atoms with van der Waals surface area (Å²) in [5.41, 5.74) is 1.74. The first-order valence-electron chi connectivity index (χ1n) is 0.880. The summed E-state index contributed by atoms with van der Waals surface area (Å²) in [6.07, 6.45) is 0. The van der Waals surface area contributed by atoms with Crippen molar-refractivity contribution in [1.82, 2.24) is 5.54 Å². The molecule has 0 aromatic heterocycles. The summed E-state index contributed by atoms with van der Waals surface area (Å²) in [5, 5.41) is 0. The van der Waals surface area contributed by atoms with Gasteiger partial charge in [-0.15, -0.1) is 10.0 Å². The van der Waals surface area contributed by atoms with Crippen molar-refractivity contribution in [2.45, 2.75) is 0 Å². The average Bonchev–Trinajstić information content (AvgIpc) is 1.41. The standard InChI is InChI=1S/CH2FNOS/c2-3-1-5-4/h1,3H. The Morgan fingerprint density at radius 1 is 2.00 bits per heavy atom. The highest BCUT2D eigenvalue weighted by Crippen LogP contribution is 1.32. The number of hydrogen-bond acceptors (Lipinski definition) is 1. The molecule has 0 aromatic carbocycles. The first kappa shape index (κ1) is 4.78. The Kier molecular flexibility index (Phi) is 3.61. The molecule has 0 aliphatic rings. The summed E-state index contributed by atoms with van der Waals surface area (Å²) in [7, 11) is 0. The van der Waals surface area contributed by atoms with Gasteiger partial charge in [0.2, 0.25) is 0 Å². The number of hydrogen-bond donors (Lipinski definition) is 1. The minimum atomic E-state index is 0.0405. The molecule has 0 aromatic rings. The molecular formula is CH2FNOS. The van der Waals surface area contributed by atoms with Crippen molar-refractivity contribution in [3.63, 3.8) is 0 Å². The van der Waals surface area contributed by atoms with Crippen molar-refractivity contribution in [2.24, 2.45) is 0 Å². The van der Waals surface area contributed by atoms with Gasteiger partial charge in [-0.05, 0) is 0 Å². The van der Waals surface area contributed by atoms with Gasteiger partial charge < -0.3 is 0 Å². The maximum absolute atomic E-state index is 10.5. The number of halogens is 1. The molecule has 0 saturated heterocycles. The van der Waals surface area contributed by atoms with E-state index in [1.54, 1.807) is 0 Å². The fourth-order valence-corrected chi connectivity index (χ4v) is 0.0546. The van der Waals surface area contributed by atoms with E-state index >= 15 is 0 Å². The molecule has 2 nitrogen and oxygen atoms in total. The number of nitrogens with one attached hydrogen (secondary N) is 1. The van der Waals surface area contributed by atoms with Crippen LogP contribution < -0.4 is 5.54 Å². The molecule has 0 unspecified atom stereocenters. The van der Waals surface area contributed by atoms with Gasteiger partial charge in [0.25, 0.3) is 0 Å². The largest absolute Gasteiger partial charge is 0.211 e. The molecule has 0 saturated carbocycles. The first-order chi connectivity index (χ1) is 2.41. The van der Waals surface area contributed by atoms with Crippen LogP contribution in [0.15, 0.2) is 0 Å². The van der Waals surface area contributed by atoms with Crippen molar-refractivity contribution < 1.29 is 8.69 Å². The molecule has 0 fully saturated rings. The zero-order chi connectivity index (χ0) is 4.12. The fraction of sp³-hybridized carbons (Fsp3) is 0. The Balaban J connectivity index is 2.93. The van der Waals surface area contributed by atoms with Crippen molar-refractivity contribution in [2.75, 3.05) is 0 Å². The van der Waals surface area contributed by atoms with Crippen molar-refractivity contribution in [1.29, 1.82) is 0 Å². The molecule has 0 radical (unpaired) electrons. The normalized spacial score (nSPS) is 6.60. The molecule has 0 bridgehead atoms. The predicted molar refractivity (Wildman–Crippen MR) is 18.5 cm³/mol. The first-order valence-corrected chi connectivity index (χ1v) is 1.68. The molecule has 0 aliphatic heterocycles. The monoisotopic (exact) mass is 95.0 g/mol. The van der Waals surface area contributed by atoms with Crippen LogP contribution in [0, 0.1) is 0 Å². The Hall–Kier alpha value is -0.220. The highest BCUT2D eigenvalue weighted by Gasteiger charge is 1.52. The van der Waals surface area contributed by atoms with Gasteiger partial charge >= 0.3 is 0 Å². The summed E-state index contributed by atoms with van der Waals surface area (Å²) < 4.78 is 19.6. The van der Waals surface area contributed by atoms with Crippen LogP contribution in [-0.2, 0) is 11.3 Å². The van der Waals surface area contributed by atoms with Crippen LogP contribution in [0.2, 0.25) is 0 Å². The Morgan fingerprint density at radius 2 is 2.60 bits per heavy atom. The van der Waals surface area contributed by atoms with E-state index in [9.17, 15) is 4.48 Å². The molecule has 0 heterocycles. The Morgan fingerprint density at radius 3 is 2.60 bits per heavy atom. The lowest BCUT2D eigenvalue weighted by Crippen LogP contribution is -1.90. The lowest BCUT2D eigenvalue weighted by atomic mass is 11.6. The molecule has 5 heavy (non-hydrogen) atoms. The third-order valence-corrected chi connectivity index (χ3v) is 0.278. The van der Waals surface area contributed by atoms with Gasteiger partial charge in [0.15, 0.2) is 0 Å². The van der Waals surface area contributed by atoms with Crippen LogP contribution in [0.3, 0.4) is 0 Å². The van der Waals surface area contributed by atoms with Crippen LogP contribution in [0.4, 0.5) is 4.48 Å². The van der Waals surface area contributed by atoms with Gasteiger partial charge in [0, 0.05) is 0 Å². The minimum Gasteiger partial charge on any atom is -0.211 e. The molecule has 0 aliphatic carbocycles. The molecule has 0 atom stereocenters. The van der Waals surface area contributed by atoms with E-state index in [4.69, 9.17) is 4.21 Å².